The summed E-state index contributed by atoms with van der Waals surface area (Å²) in [5.41, 5.74) is -1.33. The molecule has 0 aliphatic carbocycles. The maximum Gasteiger partial charge on any atom is 0.416 e. The van der Waals surface area contributed by atoms with Gasteiger partial charge in [0.05, 0.1) is 17.1 Å². The summed E-state index contributed by atoms with van der Waals surface area (Å²) in [6, 6.07) is 2.29. The SMILES string of the molecule is Cc1c(C(F)(F)F)cccc1S(=O)(=O)N(C)C(C)CO. The lowest BCUT2D eigenvalue weighted by atomic mass is 10.1. The molecule has 0 spiro atoms. The van der Waals surface area contributed by atoms with Crippen molar-refractivity contribution in [3.8, 4) is 0 Å². The standard InChI is InChI=1S/C12H16F3NO3S/c1-8(7-17)16(3)20(18,19)11-6-4-5-10(9(11)2)12(13,14)15/h4-6,8,17H,7H2,1-3H3. The highest BCUT2D eigenvalue weighted by Crippen LogP contribution is 2.34. The molecular weight excluding hydrogens is 295 g/mol. The number of rotatable bonds is 4. The number of hydrogen-bond donors (Lipinski definition) is 1. The minimum absolute atomic E-state index is 0.350. The Labute approximate surface area is 115 Å². The van der Waals surface area contributed by atoms with Gasteiger partial charge in [0.15, 0.2) is 0 Å². The molecule has 1 N–H and O–H groups in total. The summed E-state index contributed by atoms with van der Waals surface area (Å²) in [5.74, 6) is 0. The van der Waals surface area contributed by atoms with E-state index in [0.717, 1.165) is 29.4 Å². The van der Waals surface area contributed by atoms with Crippen LogP contribution in [0.3, 0.4) is 0 Å². The number of aliphatic hydroxyl groups excluding tert-OH is 1. The third-order valence-electron chi connectivity index (χ3n) is 3.13. The molecule has 0 aromatic heterocycles. The average molecular weight is 311 g/mol. The fourth-order valence-electron chi connectivity index (χ4n) is 1.71. The lowest BCUT2D eigenvalue weighted by molar-refractivity contribution is -0.138. The zero-order valence-electron chi connectivity index (χ0n) is 11.3. The van der Waals surface area contributed by atoms with Crippen molar-refractivity contribution in [2.75, 3.05) is 13.7 Å². The first-order valence-corrected chi connectivity index (χ1v) is 7.23. The van der Waals surface area contributed by atoms with E-state index < -0.39 is 39.3 Å². The van der Waals surface area contributed by atoms with Crippen LogP contribution in [0, 0.1) is 6.92 Å². The van der Waals surface area contributed by atoms with Gasteiger partial charge in [-0.25, -0.2) is 8.42 Å². The minimum atomic E-state index is -4.61. The van der Waals surface area contributed by atoms with Gasteiger partial charge in [0, 0.05) is 13.1 Å². The lowest BCUT2D eigenvalue weighted by Gasteiger charge is -2.24. The van der Waals surface area contributed by atoms with Gasteiger partial charge in [0.25, 0.3) is 0 Å². The van der Waals surface area contributed by atoms with Gasteiger partial charge in [-0.1, -0.05) is 6.07 Å². The molecule has 0 aliphatic heterocycles. The fourth-order valence-corrected chi connectivity index (χ4v) is 3.31. The van der Waals surface area contributed by atoms with Crippen LogP contribution in [0.15, 0.2) is 23.1 Å². The van der Waals surface area contributed by atoms with Gasteiger partial charge in [0.2, 0.25) is 10.0 Å². The summed E-state index contributed by atoms with van der Waals surface area (Å²) < 4.78 is 63.8. The van der Waals surface area contributed by atoms with E-state index in [1.165, 1.54) is 14.0 Å². The van der Waals surface area contributed by atoms with E-state index in [0.29, 0.717) is 0 Å². The van der Waals surface area contributed by atoms with Gasteiger partial charge in [-0.15, -0.1) is 0 Å². The fraction of sp³-hybridized carbons (Fsp3) is 0.500. The van der Waals surface area contributed by atoms with Gasteiger partial charge in [-0.05, 0) is 31.5 Å². The monoisotopic (exact) mass is 311 g/mol. The summed E-state index contributed by atoms with van der Waals surface area (Å²) in [6.45, 7) is 2.15. The molecule has 114 valence electrons. The van der Waals surface area contributed by atoms with Gasteiger partial charge < -0.3 is 5.11 Å². The van der Waals surface area contributed by atoms with Crippen molar-refractivity contribution in [2.24, 2.45) is 0 Å². The van der Waals surface area contributed by atoms with Crippen molar-refractivity contribution in [3.05, 3.63) is 29.3 Å². The lowest BCUT2D eigenvalue weighted by Crippen LogP contribution is -2.37. The largest absolute Gasteiger partial charge is 0.416 e. The second kappa shape index (κ2) is 5.71. The highest BCUT2D eigenvalue weighted by Gasteiger charge is 2.35. The molecule has 0 heterocycles. The minimum Gasteiger partial charge on any atom is -0.395 e. The number of halogens is 3. The quantitative estimate of drug-likeness (QED) is 0.925. The van der Waals surface area contributed by atoms with E-state index in [1.807, 2.05) is 0 Å². The van der Waals surface area contributed by atoms with Crippen molar-refractivity contribution in [3.63, 3.8) is 0 Å². The molecule has 4 nitrogen and oxygen atoms in total. The topological polar surface area (TPSA) is 57.6 Å². The Morgan fingerprint density at radius 2 is 1.90 bits per heavy atom. The molecule has 1 atom stereocenters. The normalized spacial score (nSPS) is 14.6. The molecule has 0 aliphatic rings. The highest BCUT2D eigenvalue weighted by atomic mass is 32.2. The number of benzene rings is 1. The van der Waals surface area contributed by atoms with Crippen LogP contribution < -0.4 is 0 Å². The second-order valence-electron chi connectivity index (χ2n) is 4.48. The molecule has 1 aromatic carbocycles. The highest BCUT2D eigenvalue weighted by molar-refractivity contribution is 7.89. The number of hydrogen-bond acceptors (Lipinski definition) is 3. The van der Waals surface area contributed by atoms with Crippen molar-refractivity contribution in [1.29, 1.82) is 0 Å². The third-order valence-corrected chi connectivity index (χ3v) is 5.25. The molecule has 0 amide bonds. The maximum atomic E-state index is 12.8. The third kappa shape index (κ3) is 3.13. The average Bonchev–Trinajstić information content (AvgIpc) is 2.35. The van der Waals surface area contributed by atoms with E-state index >= 15 is 0 Å². The Balaban J connectivity index is 3.41. The first-order chi connectivity index (χ1) is 9.03. The van der Waals surface area contributed by atoms with Crippen LogP contribution in [0.25, 0.3) is 0 Å². The molecular formula is C12H16F3NO3S. The predicted octanol–water partition coefficient (Wildman–Crippen LogP) is 2.02. The van der Waals surface area contributed by atoms with Crippen molar-refractivity contribution in [1.82, 2.24) is 4.31 Å². The Kier molecular flexibility index (Phi) is 4.83. The first kappa shape index (κ1) is 16.9. The summed E-state index contributed by atoms with van der Waals surface area (Å²) in [6.07, 6.45) is -4.61. The second-order valence-corrected chi connectivity index (χ2v) is 6.45. The summed E-state index contributed by atoms with van der Waals surface area (Å²) >= 11 is 0. The summed E-state index contributed by atoms with van der Waals surface area (Å²) in [5, 5.41) is 8.98. The Hall–Kier alpha value is -1.12. The summed E-state index contributed by atoms with van der Waals surface area (Å²) in [7, 11) is -2.87. The van der Waals surface area contributed by atoms with Gasteiger partial charge in [-0.2, -0.15) is 17.5 Å². The molecule has 0 fully saturated rings. The van der Waals surface area contributed by atoms with E-state index in [1.54, 1.807) is 0 Å². The number of aliphatic hydroxyl groups is 1. The molecule has 1 unspecified atom stereocenters. The number of nitrogens with zero attached hydrogens (tertiary/aromatic N) is 1. The molecule has 8 heteroatoms. The van der Waals surface area contributed by atoms with Gasteiger partial charge in [-0.3, -0.25) is 0 Å². The smallest absolute Gasteiger partial charge is 0.395 e. The maximum absolute atomic E-state index is 12.8. The predicted molar refractivity (Wildman–Crippen MR) is 67.7 cm³/mol. The number of sulfonamides is 1. The number of alkyl halides is 3. The molecule has 0 saturated heterocycles. The van der Waals surface area contributed by atoms with Crippen LogP contribution in [0.4, 0.5) is 13.2 Å². The van der Waals surface area contributed by atoms with E-state index in [-0.39, 0.29) is 5.56 Å². The zero-order chi connectivity index (χ0) is 15.7. The van der Waals surface area contributed by atoms with Crippen molar-refractivity contribution >= 4 is 10.0 Å². The molecule has 0 bridgehead atoms. The van der Waals surface area contributed by atoms with E-state index in [2.05, 4.69) is 0 Å². The van der Waals surface area contributed by atoms with Crippen LogP contribution in [-0.4, -0.2) is 37.5 Å². The van der Waals surface area contributed by atoms with Crippen molar-refractivity contribution in [2.45, 2.75) is 31.0 Å². The van der Waals surface area contributed by atoms with Crippen LogP contribution in [0.1, 0.15) is 18.1 Å². The Morgan fingerprint density at radius 1 is 1.35 bits per heavy atom. The first-order valence-electron chi connectivity index (χ1n) is 5.79. The molecule has 0 saturated carbocycles. The van der Waals surface area contributed by atoms with Crippen molar-refractivity contribution < 1.29 is 26.7 Å². The van der Waals surface area contributed by atoms with Crippen LogP contribution in [-0.2, 0) is 16.2 Å². The number of likely N-dealkylation sites (N-methyl/N-ethyl adjacent to an activating group) is 1. The van der Waals surface area contributed by atoms with Crippen LogP contribution in [0.5, 0.6) is 0 Å². The van der Waals surface area contributed by atoms with Gasteiger partial charge >= 0.3 is 6.18 Å². The molecule has 0 radical (unpaired) electrons. The summed E-state index contributed by atoms with van der Waals surface area (Å²) in [4.78, 5) is -0.407. The van der Waals surface area contributed by atoms with Crippen LogP contribution >= 0.6 is 0 Å². The van der Waals surface area contributed by atoms with Gasteiger partial charge in [0.1, 0.15) is 0 Å². The van der Waals surface area contributed by atoms with Crippen LogP contribution in [0.2, 0.25) is 0 Å². The molecule has 1 rings (SSSR count). The zero-order valence-corrected chi connectivity index (χ0v) is 12.1. The molecule has 1 aromatic rings. The van der Waals surface area contributed by atoms with E-state index in [9.17, 15) is 21.6 Å². The van der Waals surface area contributed by atoms with E-state index in [4.69, 9.17) is 5.11 Å². The Bertz CT molecular complexity index is 584. The Morgan fingerprint density at radius 3 is 2.35 bits per heavy atom. The molecule has 20 heavy (non-hydrogen) atoms.